The molecule has 1 aromatic heterocycles. The van der Waals surface area contributed by atoms with Crippen LogP contribution in [0, 0.1) is 5.92 Å². The number of likely N-dealkylation sites (tertiary alicyclic amines) is 1. The number of carbonyl (C=O) groups is 1. The van der Waals surface area contributed by atoms with Crippen LogP contribution >= 0.6 is 0 Å². The molecule has 21 heavy (non-hydrogen) atoms. The Kier molecular flexibility index (Phi) is 3.46. The van der Waals surface area contributed by atoms with Crippen LogP contribution in [0.2, 0.25) is 0 Å². The van der Waals surface area contributed by atoms with Gasteiger partial charge in [-0.1, -0.05) is 12.1 Å². The van der Waals surface area contributed by atoms with E-state index in [1.165, 1.54) is 0 Å². The molecule has 1 amide bonds. The zero-order valence-electron chi connectivity index (χ0n) is 11.5. The number of hydrogen-bond donors (Lipinski definition) is 2. The first kappa shape index (κ1) is 14.1. The second-order valence-corrected chi connectivity index (χ2v) is 7.14. The number of hydrogen-bond acceptors (Lipinski definition) is 3. The van der Waals surface area contributed by atoms with Gasteiger partial charge < -0.3 is 9.88 Å². The van der Waals surface area contributed by atoms with Crippen molar-refractivity contribution in [3.8, 4) is 0 Å². The fourth-order valence-electron chi connectivity index (χ4n) is 2.92. The molecule has 1 saturated heterocycles. The van der Waals surface area contributed by atoms with E-state index in [0.717, 1.165) is 10.9 Å². The van der Waals surface area contributed by atoms with Gasteiger partial charge in [0.25, 0.3) is 5.91 Å². The summed E-state index contributed by atoms with van der Waals surface area (Å²) in [5.74, 6) is -0.213. The number of amides is 1. The predicted octanol–water partition coefficient (Wildman–Crippen LogP) is 0.919. The number of aromatic nitrogens is 1. The van der Waals surface area contributed by atoms with E-state index in [4.69, 9.17) is 5.14 Å². The van der Waals surface area contributed by atoms with Crippen molar-refractivity contribution in [1.29, 1.82) is 0 Å². The van der Waals surface area contributed by atoms with Crippen LogP contribution in [-0.4, -0.2) is 43.1 Å². The molecule has 112 valence electrons. The van der Waals surface area contributed by atoms with Crippen molar-refractivity contribution < 1.29 is 13.2 Å². The Labute approximate surface area is 123 Å². The van der Waals surface area contributed by atoms with Gasteiger partial charge in [0.15, 0.2) is 0 Å². The Hall–Kier alpha value is -1.86. The lowest BCUT2D eigenvalue weighted by atomic mass is 10.1. The number of nitrogens with two attached hydrogens (primary N) is 1. The van der Waals surface area contributed by atoms with Crippen LogP contribution in [-0.2, 0) is 10.0 Å². The first-order valence-electron chi connectivity index (χ1n) is 6.80. The molecule has 7 heteroatoms. The van der Waals surface area contributed by atoms with Gasteiger partial charge in [-0.15, -0.1) is 0 Å². The maximum Gasteiger partial charge on any atom is 0.255 e. The Morgan fingerprint density at radius 3 is 2.95 bits per heavy atom. The molecule has 1 aliphatic heterocycles. The second kappa shape index (κ2) is 5.16. The van der Waals surface area contributed by atoms with Gasteiger partial charge in [-0.05, 0) is 24.5 Å². The average molecular weight is 307 g/mol. The van der Waals surface area contributed by atoms with E-state index in [2.05, 4.69) is 4.98 Å². The lowest BCUT2D eigenvalue weighted by Crippen LogP contribution is -2.31. The maximum absolute atomic E-state index is 12.6. The van der Waals surface area contributed by atoms with E-state index >= 15 is 0 Å². The first-order valence-corrected chi connectivity index (χ1v) is 8.51. The van der Waals surface area contributed by atoms with Crippen LogP contribution in [0.25, 0.3) is 10.9 Å². The van der Waals surface area contributed by atoms with Crippen molar-refractivity contribution in [2.75, 3.05) is 18.8 Å². The van der Waals surface area contributed by atoms with Crippen LogP contribution in [0.1, 0.15) is 16.8 Å². The molecule has 1 aliphatic rings. The van der Waals surface area contributed by atoms with Gasteiger partial charge in [0.1, 0.15) is 0 Å². The molecule has 3 N–H and O–H groups in total. The predicted molar refractivity (Wildman–Crippen MR) is 80.3 cm³/mol. The highest BCUT2D eigenvalue weighted by Gasteiger charge is 2.30. The molecule has 1 atom stereocenters. The normalized spacial score (nSPS) is 19.3. The molecule has 6 nitrogen and oxygen atoms in total. The highest BCUT2D eigenvalue weighted by Crippen LogP contribution is 2.23. The van der Waals surface area contributed by atoms with E-state index < -0.39 is 10.0 Å². The number of rotatable bonds is 3. The van der Waals surface area contributed by atoms with Crippen molar-refractivity contribution >= 4 is 26.8 Å². The lowest BCUT2D eigenvalue weighted by molar-refractivity contribution is 0.0790. The number of para-hydroxylation sites is 1. The molecule has 2 aromatic rings. The van der Waals surface area contributed by atoms with Crippen molar-refractivity contribution in [3.63, 3.8) is 0 Å². The molecule has 0 spiro atoms. The van der Waals surface area contributed by atoms with Gasteiger partial charge in [-0.3, -0.25) is 4.79 Å². The zero-order valence-corrected chi connectivity index (χ0v) is 12.3. The van der Waals surface area contributed by atoms with Crippen LogP contribution < -0.4 is 5.14 Å². The fourth-order valence-corrected chi connectivity index (χ4v) is 3.84. The monoisotopic (exact) mass is 307 g/mol. The topological polar surface area (TPSA) is 96.3 Å². The molecule has 1 unspecified atom stereocenters. The quantitative estimate of drug-likeness (QED) is 0.882. The number of primary sulfonamides is 1. The fraction of sp³-hybridized carbons (Fsp3) is 0.357. The highest BCUT2D eigenvalue weighted by molar-refractivity contribution is 7.89. The van der Waals surface area contributed by atoms with E-state index in [-0.39, 0.29) is 17.6 Å². The summed E-state index contributed by atoms with van der Waals surface area (Å²) in [6.07, 6.45) is 2.47. The third-order valence-electron chi connectivity index (χ3n) is 3.86. The van der Waals surface area contributed by atoms with Crippen LogP contribution in [0.15, 0.2) is 30.5 Å². The van der Waals surface area contributed by atoms with Crippen LogP contribution in [0.4, 0.5) is 0 Å². The summed E-state index contributed by atoms with van der Waals surface area (Å²) in [6.45, 7) is 1.00. The van der Waals surface area contributed by atoms with E-state index in [1.54, 1.807) is 17.2 Å². The average Bonchev–Trinajstić information content (AvgIpc) is 3.03. The number of benzene rings is 1. The molecule has 0 bridgehead atoms. The lowest BCUT2D eigenvalue weighted by Gasteiger charge is -2.17. The van der Waals surface area contributed by atoms with Crippen molar-refractivity contribution in [2.45, 2.75) is 6.42 Å². The van der Waals surface area contributed by atoms with Gasteiger partial charge in [0.05, 0.1) is 16.8 Å². The maximum atomic E-state index is 12.6. The third-order valence-corrected chi connectivity index (χ3v) is 4.79. The standard InChI is InChI=1S/C14H17N3O3S/c15-21(19,20)9-10-5-7-17(8-10)14(18)12-3-1-2-11-4-6-16-13(11)12/h1-4,6,10,16H,5,7-9H2,(H2,15,19,20). The molecule has 0 saturated carbocycles. The van der Waals surface area contributed by atoms with Gasteiger partial charge in [-0.2, -0.15) is 0 Å². The minimum absolute atomic E-state index is 0.0660. The first-order chi connectivity index (χ1) is 9.94. The summed E-state index contributed by atoms with van der Waals surface area (Å²) in [5.41, 5.74) is 1.44. The Morgan fingerprint density at radius 2 is 2.19 bits per heavy atom. The van der Waals surface area contributed by atoms with E-state index in [9.17, 15) is 13.2 Å². The summed E-state index contributed by atoms with van der Waals surface area (Å²) in [6, 6.07) is 7.49. The molecule has 2 heterocycles. The SMILES string of the molecule is NS(=O)(=O)CC1CCN(C(=O)c2cccc3cc[nH]c23)C1. The summed E-state index contributed by atoms with van der Waals surface area (Å²) in [5, 5.41) is 6.06. The van der Waals surface area contributed by atoms with Crippen molar-refractivity contribution in [2.24, 2.45) is 11.1 Å². The molecule has 1 aromatic carbocycles. The molecular weight excluding hydrogens is 290 g/mol. The molecule has 1 fully saturated rings. The number of sulfonamides is 1. The summed E-state index contributed by atoms with van der Waals surface area (Å²) >= 11 is 0. The number of carbonyl (C=O) groups excluding carboxylic acids is 1. The third kappa shape index (κ3) is 2.93. The van der Waals surface area contributed by atoms with Crippen molar-refractivity contribution in [3.05, 3.63) is 36.0 Å². The summed E-state index contributed by atoms with van der Waals surface area (Å²) in [7, 11) is -3.49. The molecule has 3 rings (SSSR count). The zero-order chi connectivity index (χ0) is 15.0. The number of fused-ring (bicyclic) bond motifs is 1. The van der Waals surface area contributed by atoms with Gasteiger partial charge in [-0.25, -0.2) is 13.6 Å². The Balaban J connectivity index is 1.79. The summed E-state index contributed by atoms with van der Waals surface area (Å²) in [4.78, 5) is 17.4. The molecule has 0 aliphatic carbocycles. The minimum atomic E-state index is -3.49. The van der Waals surface area contributed by atoms with Gasteiger partial charge in [0, 0.05) is 24.7 Å². The Morgan fingerprint density at radius 1 is 1.38 bits per heavy atom. The highest BCUT2D eigenvalue weighted by atomic mass is 32.2. The Bertz CT molecular complexity index is 782. The van der Waals surface area contributed by atoms with Crippen LogP contribution in [0.5, 0.6) is 0 Å². The molecular formula is C14H17N3O3S. The van der Waals surface area contributed by atoms with E-state index in [1.807, 2.05) is 18.2 Å². The number of nitrogens with zero attached hydrogens (tertiary/aromatic N) is 1. The smallest absolute Gasteiger partial charge is 0.255 e. The molecule has 0 radical (unpaired) electrons. The largest absolute Gasteiger partial charge is 0.361 e. The van der Waals surface area contributed by atoms with Crippen molar-refractivity contribution in [1.82, 2.24) is 9.88 Å². The minimum Gasteiger partial charge on any atom is -0.361 e. The summed E-state index contributed by atoms with van der Waals surface area (Å²) < 4.78 is 22.3. The van der Waals surface area contributed by atoms with E-state index in [0.29, 0.717) is 25.1 Å². The van der Waals surface area contributed by atoms with Gasteiger partial charge in [0.2, 0.25) is 10.0 Å². The number of nitrogens with one attached hydrogen (secondary N) is 1. The van der Waals surface area contributed by atoms with Gasteiger partial charge >= 0.3 is 0 Å². The number of aromatic amines is 1. The second-order valence-electron chi connectivity index (χ2n) is 5.48. The number of H-pyrrole nitrogens is 1. The van der Waals surface area contributed by atoms with Crippen LogP contribution in [0.3, 0.4) is 0 Å².